The van der Waals surface area contributed by atoms with E-state index in [9.17, 15) is 4.79 Å². The molecule has 0 bridgehead atoms. The van der Waals surface area contributed by atoms with Crippen molar-refractivity contribution < 1.29 is 9.53 Å². The molecule has 148 valence electrons. The number of unbranched alkanes of at least 4 members (excludes halogenated alkanes) is 1. The van der Waals surface area contributed by atoms with Gasteiger partial charge in [-0.05, 0) is 48.2 Å². The fraction of sp³-hybridized carbons (Fsp3) is 0.391. The maximum absolute atomic E-state index is 12.2. The molecule has 0 aliphatic carbocycles. The zero-order chi connectivity index (χ0) is 19.8. The van der Waals surface area contributed by atoms with Crippen molar-refractivity contribution in [3.8, 4) is 5.75 Å². The van der Waals surface area contributed by atoms with Gasteiger partial charge >= 0.3 is 0 Å². The number of H-pyrrole nitrogens is 1. The first-order chi connectivity index (χ1) is 13.7. The lowest BCUT2D eigenvalue weighted by Crippen LogP contribution is -2.22. The zero-order valence-electron chi connectivity index (χ0n) is 16.8. The Kier molecular flexibility index (Phi) is 7.06. The smallest absolute Gasteiger partial charge is 0.220 e. The summed E-state index contributed by atoms with van der Waals surface area (Å²) in [6, 6.07) is 14.1. The van der Waals surface area contributed by atoms with Gasteiger partial charge in [0.25, 0.3) is 0 Å². The summed E-state index contributed by atoms with van der Waals surface area (Å²) < 4.78 is 5.66. The predicted molar refractivity (Wildman–Crippen MR) is 112 cm³/mol. The Balaban J connectivity index is 1.44. The predicted octanol–water partition coefficient (Wildman–Crippen LogP) is 4.55. The molecule has 5 heteroatoms. The number of aryl methyl sites for hydroxylation is 2. The summed E-state index contributed by atoms with van der Waals surface area (Å²) in [6.45, 7) is 5.51. The van der Waals surface area contributed by atoms with Crippen LogP contribution >= 0.6 is 0 Å². The van der Waals surface area contributed by atoms with Crippen LogP contribution in [0.25, 0.3) is 11.0 Å². The summed E-state index contributed by atoms with van der Waals surface area (Å²) in [4.78, 5) is 20.0. The van der Waals surface area contributed by atoms with E-state index in [0.717, 1.165) is 59.6 Å². The van der Waals surface area contributed by atoms with Gasteiger partial charge < -0.3 is 15.0 Å². The number of carbonyl (C=O) groups is 1. The largest absolute Gasteiger partial charge is 0.494 e. The number of imidazole rings is 1. The zero-order valence-corrected chi connectivity index (χ0v) is 16.8. The lowest BCUT2D eigenvalue weighted by atomic mass is 10.1. The second kappa shape index (κ2) is 9.93. The van der Waals surface area contributed by atoms with E-state index in [2.05, 4.69) is 35.2 Å². The van der Waals surface area contributed by atoms with Crippen molar-refractivity contribution >= 4 is 16.9 Å². The van der Waals surface area contributed by atoms with Gasteiger partial charge in [-0.15, -0.1) is 0 Å². The molecule has 1 amide bonds. The Bertz CT molecular complexity index is 900. The van der Waals surface area contributed by atoms with Crippen LogP contribution < -0.4 is 10.1 Å². The average molecular weight is 380 g/mol. The Morgan fingerprint density at radius 2 is 1.89 bits per heavy atom. The molecule has 2 aromatic carbocycles. The fourth-order valence-corrected chi connectivity index (χ4v) is 3.02. The molecule has 0 unspecified atom stereocenters. The second-order valence-electron chi connectivity index (χ2n) is 7.01. The Labute approximate surface area is 166 Å². The number of aromatic amines is 1. The third-order valence-electron chi connectivity index (χ3n) is 4.75. The lowest BCUT2D eigenvalue weighted by molar-refractivity contribution is -0.121. The molecule has 2 N–H and O–H groups in total. The van der Waals surface area contributed by atoms with Gasteiger partial charge in [0.15, 0.2) is 0 Å². The third-order valence-corrected chi connectivity index (χ3v) is 4.75. The highest BCUT2D eigenvalue weighted by molar-refractivity contribution is 5.78. The number of nitrogens with one attached hydrogen (secondary N) is 2. The van der Waals surface area contributed by atoms with E-state index >= 15 is 0 Å². The van der Waals surface area contributed by atoms with Crippen LogP contribution in [0, 0.1) is 0 Å². The topological polar surface area (TPSA) is 67.0 Å². The number of carbonyl (C=O) groups excluding carboxylic acids is 1. The highest BCUT2D eigenvalue weighted by Crippen LogP contribution is 2.16. The van der Waals surface area contributed by atoms with Crippen molar-refractivity contribution in [2.75, 3.05) is 6.61 Å². The minimum Gasteiger partial charge on any atom is -0.494 e. The second-order valence-corrected chi connectivity index (χ2v) is 7.01. The van der Waals surface area contributed by atoms with Gasteiger partial charge in [0.05, 0.1) is 17.6 Å². The Morgan fingerprint density at radius 3 is 2.64 bits per heavy atom. The van der Waals surface area contributed by atoms with E-state index in [4.69, 9.17) is 4.74 Å². The van der Waals surface area contributed by atoms with Crippen LogP contribution in [0.4, 0.5) is 0 Å². The van der Waals surface area contributed by atoms with Crippen LogP contribution in [-0.4, -0.2) is 22.5 Å². The maximum Gasteiger partial charge on any atom is 0.220 e. The minimum absolute atomic E-state index is 0.0576. The van der Waals surface area contributed by atoms with Gasteiger partial charge in [-0.1, -0.05) is 38.5 Å². The van der Waals surface area contributed by atoms with Gasteiger partial charge in [0, 0.05) is 19.4 Å². The number of rotatable bonds is 10. The SMILES string of the molecule is CCCCOc1ccc(CNC(=O)CCc2ccc3nc(CC)[nH]c3c2)cc1. The van der Waals surface area contributed by atoms with Gasteiger partial charge in [-0.25, -0.2) is 4.98 Å². The van der Waals surface area contributed by atoms with E-state index < -0.39 is 0 Å². The number of fused-ring (bicyclic) bond motifs is 1. The van der Waals surface area contributed by atoms with Crippen molar-refractivity contribution in [1.29, 1.82) is 0 Å². The monoisotopic (exact) mass is 379 g/mol. The normalized spacial score (nSPS) is 10.9. The molecule has 0 aliphatic heterocycles. The number of aromatic nitrogens is 2. The molecule has 1 aromatic heterocycles. The molecule has 0 aliphatic rings. The quantitative estimate of drug-likeness (QED) is 0.508. The summed E-state index contributed by atoms with van der Waals surface area (Å²) >= 11 is 0. The van der Waals surface area contributed by atoms with Crippen LogP contribution in [0.2, 0.25) is 0 Å². The van der Waals surface area contributed by atoms with Crippen molar-refractivity contribution in [3.63, 3.8) is 0 Å². The molecule has 0 saturated carbocycles. The molecule has 0 radical (unpaired) electrons. The lowest BCUT2D eigenvalue weighted by Gasteiger charge is -2.08. The highest BCUT2D eigenvalue weighted by atomic mass is 16.5. The van der Waals surface area contributed by atoms with Gasteiger partial charge in [-0.2, -0.15) is 0 Å². The van der Waals surface area contributed by atoms with Crippen molar-refractivity contribution in [3.05, 3.63) is 59.4 Å². The van der Waals surface area contributed by atoms with Crippen LogP contribution in [0.15, 0.2) is 42.5 Å². The average Bonchev–Trinajstić information content (AvgIpc) is 3.14. The molecular formula is C23H29N3O2. The molecule has 3 aromatic rings. The number of benzene rings is 2. The molecule has 0 atom stereocenters. The molecule has 1 heterocycles. The van der Waals surface area contributed by atoms with E-state index in [0.29, 0.717) is 19.4 Å². The van der Waals surface area contributed by atoms with Crippen molar-refractivity contribution in [2.45, 2.75) is 52.5 Å². The summed E-state index contributed by atoms with van der Waals surface area (Å²) in [7, 11) is 0. The van der Waals surface area contributed by atoms with Gasteiger partial charge in [0.1, 0.15) is 11.6 Å². The van der Waals surface area contributed by atoms with E-state index in [1.165, 1.54) is 0 Å². The molecule has 5 nitrogen and oxygen atoms in total. The Hall–Kier alpha value is -2.82. The highest BCUT2D eigenvalue weighted by Gasteiger charge is 2.06. The number of nitrogens with zero attached hydrogens (tertiary/aromatic N) is 1. The standard InChI is InChI=1S/C23H29N3O2/c1-3-5-14-28-19-10-6-18(7-11-19)16-24-23(27)13-9-17-8-12-20-21(15-17)26-22(4-2)25-20/h6-8,10-12,15H,3-5,9,13-14,16H2,1-2H3,(H,24,27)(H,25,26). The number of hydrogen-bond donors (Lipinski definition) is 2. The first-order valence-corrected chi connectivity index (χ1v) is 10.1. The van der Waals surface area contributed by atoms with Gasteiger partial charge in [-0.3, -0.25) is 4.79 Å². The fourth-order valence-electron chi connectivity index (χ4n) is 3.02. The minimum atomic E-state index is 0.0576. The summed E-state index contributed by atoms with van der Waals surface area (Å²) in [5, 5.41) is 2.99. The first-order valence-electron chi connectivity index (χ1n) is 10.1. The molecule has 28 heavy (non-hydrogen) atoms. The Morgan fingerprint density at radius 1 is 1.11 bits per heavy atom. The number of amides is 1. The summed E-state index contributed by atoms with van der Waals surface area (Å²) in [6.07, 6.45) is 4.26. The van der Waals surface area contributed by atoms with Crippen molar-refractivity contribution in [2.24, 2.45) is 0 Å². The molecule has 0 spiro atoms. The van der Waals surface area contributed by atoms with E-state index in [1.54, 1.807) is 0 Å². The first kappa shape index (κ1) is 19.9. The molecular weight excluding hydrogens is 350 g/mol. The van der Waals surface area contributed by atoms with E-state index in [1.807, 2.05) is 36.4 Å². The maximum atomic E-state index is 12.2. The molecule has 0 fully saturated rings. The third kappa shape index (κ3) is 5.59. The molecule has 0 saturated heterocycles. The van der Waals surface area contributed by atoms with Crippen LogP contribution in [-0.2, 0) is 24.2 Å². The summed E-state index contributed by atoms with van der Waals surface area (Å²) in [5.74, 6) is 1.93. The van der Waals surface area contributed by atoms with Crippen LogP contribution in [0.5, 0.6) is 5.75 Å². The van der Waals surface area contributed by atoms with E-state index in [-0.39, 0.29) is 5.91 Å². The van der Waals surface area contributed by atoms with Crippen LogP contribution in [0.3, 0.4) is 0 Å². The summed E-state index contributed by atoms with van der Waals surface area (Å²) in [5.41, 5.74) is 4.23. The molecule has 3 rings (SSSR count). The van der Waals surface area contributed by atoms with Gasteiger partial charge in [0.2, 0.25) is 5.91 Å². The number of ether oxygens (including phenoxy) is 1. The number of hydrogen-bond acceptors (Lipinski definition) is 3. The van der Waals surface area contributed by atoms with Crippen molar-refractivity contribution in [1.82, 2.24) is 15.3 Å². The van der Waals surface area contributed by atoms with Crippen LogP contribution in [0.1, 0.15) is 50.1 Å².